The van der Waals surface area contributed by atoms with Crippen molar-refractivity contribution in [2.24, 2.45) is 0 Å². The smallest absolute Gasteiger partial charge is 0.276 e. The van der Waals surface area contributed by atoms with Gasteiger partial charge in [0.15, 0.2) is 0 Å². The molecule has 2 rings (SSSR count). The fourth-order valence-corrected chi connectivity index (χ4v) is 1.55. The second-order valence-corrected chi connectivity index (χ2v) is 3.32. The molecule has 0 bridgehead atoms. The monoisotopic (exact) mass is 308 g/mol. The Hall–Kier alpha value is -0.660. The number of anilines is 1. The molecule has 1 aromatic rings. The highest BCUT2D eigenvalue weighted by Gasteiger charge is 2.16. The van der Waals surface area contributed by atoms with Gasteiger partial charge in [-0.2, -0.15) is 0 Å². The lowest BCUT2D eigenvalue weighted by Crippen LogP contribution is -2.37. The molecule has 5 nitrogen and oxygen atoms in total. The molecule has 0 aromatic carbocycles. The Balaban J connectivity index is 0.000000980. The largest absolute Gasteiger partial charge is 0.344 e. The summed E-state index contributed by atoms with van der Waals surface area (Å²) in [5.74, 6) is 0.682. The molecule has 78 valence electrons. The van der Waals surface area contributed by atoms with Gasteiger partial charge < -0.3 is 4.90 Å². The Morgan fingerprint density at radius 1 is 1.29 bits per heavy atom. The summed E-state index contributed by atoms with van der Waals surface area (Å²) in [4.78, 5) is 13.5. The molecule has 0 fully saturated rings. The van der Waals surface area contributed by atoms with E-state index < -0.39 is 0 Å². The molecular weight excluding hydrogens is 295 g/mol. The standard InChI is InChI=1S/C8H12N4O.HI/c1-6-7(13)12-5-3-4-11(2)8(12)10-9-6;/h3-5H2,1-2H3;1H. The topological polar surface area (TPSA) is 51.0 Å². The van der Waals surface area contributed by atoms with Gasteiger partial charge in [-0.3, -0.25) is 9.36 Å². The van der Waals surface area contributed by atoms with Gasteiger partial charge in [0, 0.05) is 20.1 Å². The van der Waals surface area contributed by atoms with Crippen molar-refractivity contribution >= 4 is 29.9 Å². The number of fused-ring (bicyclic) bond motifs is 1. The maximum absolute atomic E-state index is 11.6. The summed E-state index contributed by atoms with van der Waals surface area (Å²) in [6.45, 7) is 3.39. The molecule has 0 atom stereocenters. The van der Waals surface area contributed by atoms with E-state index in [1.807, 2.05) is 11.9 Å². The molecule has 1 aromatic heterocycles. The van der Waals surface area contributed by atoms with E-state index >= 15 is 0 Å². The first-order chi connectivity index (χ1) is 6.20. The number of rotatable bonds is 0. The van der Waals surface area contributed by atoms with Crippen molar-refractivity contribution in [3.05, 3.63) is 16.0 Å². The van der Waals surface area contributed by atoms with E-state index in [0.717, 1.165) is 19.5 Å². The number of hydrogen-bond acceptors (Lipinski definition) is 4. The Morgan fingerprint density at radius 2 is 2.00 bits per heavy atom. The first-order valence-corrected chi connectivity index (χ1v) is 4.35. The zero-order valence-electron chi connectivity index (χ0n) is 8.23. The van der Waals surface area contributed by atoms with E-state index in [1.165, 1.54) is 0 Å². The van der Waals surface area contributed by atoms with Crippen LogP contribution in [0.4, 0.5) is 5.95 Å². The van der Waals surface area contributed by atoms with Crippen LogP contribution in [0.25, 0.3) is 0 Å². The van der Waals surface area contributed by atoms with E-state index in [-0.39, 0.29) is 29.5 Å². The van der Waals surface area contributed by atoms with E-state index in [0.29, 0.717) is 11.6 Å². The second-order valence-electron chi connectivity index (χ2n) is 3.32. The maximum Gasteiger partial charge on any atom is 0.276 e. The number of nitrogens with zero attached hydrogens (tertiary/aromatic N) is 4. The highest BCUT2D eigenvalue weighted by molar-refractivity contribution is 14.0. The molecule has 0 N–H and O–H groups in total. The van der Waals surface area contributed by atoms with E-state index in [1.54, 1.807) is 11.5 Å². The van der Waals surface area contributed by atoms with Crippen LogP contribution in [0.2, 0.25) is 0 Å². The molecule has 0 amide bonds. The van der Waals surface area contributed by atoms with Crippen LogP contribution in [-0.2, 0) is 6.54 Å². The third-order valence-corrected chi connectivity index (χ3v) is 2.30. The molecule has 0 saturated carbocycles. The summed E-state index contributed by atoms with van der Waals surface area (Å²) in [5, 5.41) is 7.82. The number of hydrogen-bond donors (Lipinski definition) is 0. The molecule has 1 aliphatic heterocycles. The lowest BCUT2D eigenvalue weighted by atomic mass is 10.3. The quantitative estimate of drug-likeness (QED) is 0.651. The lowest BCUT2D eigenvalue weighted by molar-refractivity contribution is 0.537. The fraction of sp³-hybridized carbons (Fsp3) is 0.625. The van der Waals surface area contributed by atoms with E-state index in [9.17, 15) is 4.79 Å². The van der Waals surface area contributed by atoms with Gasteiger partial charge >= 0.3 is 0 Å². The normalized spacial score (nSPS) is 14.6. The first kappa shape index (κ1) is 11.4. The molecule has 0 spiro atoms. The third kappa shape index (κ3) is 1.75. The predicted molar refractivity (Wildman–Crippen MR) is 64.3 cm³/mol. The van der Waals surface area contributed by atoms with Crippen LogP contribution in [0.5, 0.6) is 0 Å². The molecule has 6 heteroatoms. The summed E-state index contributed by atoms with van der Waals surface area (Å²) in [7, 11) is 1.93. The summed E-state index contributed by atoms with van der Waals surface area (Å²) in [6, 6.07) is 0. The number of aryl methyl sites for hydroxylation is 1. The highest BCUT2D eigenvalue weighted by Crippen LogP contribution is 2.11. The Labute approximate surface area is 99.2 Å². The molecule has 0 unspecified atom stereocenters. The van der Waals surface area contributed by atoms with Crippen LogP contribution in [0, 0.1) is 6.92 Å². The van der Waals surface area contributed by atoms with Gasteiger partial charge in [0.2, 0.25) is 5.95 Å². The second kappa shape index (κ2) is 4.24. The van der Waals surface area contributed by atoms with Crippen LogP contribution in [0.3, 0.4) is 0 Å². The van der Waals surface area contributed by atoms with Gasteiger partial charge in [0.05, 0.1) is 0 Å². The SMILES string of the molecule is Cc1nnc2n(c1=O)CCCN2C.I. The Bertz CT molecular complexity index is 389. The van der Waals surface area contributed by atoms with Crippen molar-refractivity contribution in [3.8, 4) is 0 Å². The summed E-state index contributed by atoms with van der Waals surface area (Å²) >= 11 is 0. The molecule has 0 saturated heterocycles. The first-order valence-electron chi connectivity index (χ1n) is 4.35. The molecule has 14 heavy (non-hydrogen) atoms. The van der Waals surface area contributed by atoms with Gasteiger partial charge in [-0.05, 0) is 13.3 Å². The van der Waals surface area contributed by atoms with Gasteiger partial charge in [-0.15, -0.1) is 34.2 Å². The fourth-order valence-electron chi connectivity index (χ4n) is 1.55. The van der Waals surface area contributed by atoms with Gasteiger partial charge in [-0.1, -0.05) is 0 Å². The van der Waals surface area contributed by atoms with Gasteiger partial charge in [0.25, 0.3) is 5.56 Å². The zero-order valence-corrected chi connectivity index (χ0v) is 10.6. The maximum atomic E-state index is 11.6. The van der Waals surface area contributed by atoms with Crippen molar-refractivity contribution in [1.29, 1.82) is 0 Å². The van der Waals surface area contributed by atoms with Crippen LogP contribution >= 0.6 is 24.0 Å². The number of aromatic nitrogens is 3. The molecule has 1 aliphatic rings. The van der Waals surface area contributed by atoms with E-state index in [2.05, 4.69) is 10.2 Å². The third-order valence-electron chi connectivity index (χ3n) is 2.30. The van der Waals surface area contributed by atoms with Gasteiger partial charge in [0.1, 0.15) is 5.69 Å². The number of halogens is 1. The lowest BCUT2D eigenvalue weighted by Gasteiger charge is -2.26. The highest BCUT2D eigenvalue weighted by atomic mass is 127. The van der Waals surface area contributed by atoms with Crippen LogP contribution < -0.4 is 10.5 Å². The summed E-state index contributed by atoms with van der Waals surface area (Å²) in [5.41, 5.74) is 0.454. The molecule has 0 aliphatic carbocycles. The van der Waals surface area contributed by atoms with Crippen LogP contribution in [0.1, 0.15) is 12.1 Å². The van der Waals surface area contributed by atoms with Gasteiger partial charge in [-0.25, -0.2) is 0 Å². The molecule has 2 heterocycles. The Morgan fingerprint density at radius 3 is 2.71 bits per heavy atom. The minimum atomic E-state index is -0.0171. The van der Waals surface area contributed by atoms with Crippen molar-refractivity contribution in [3.63, 3.8) is 0 Å². The Kier molecular flexibility index (Phi) is 3.46. The van der Waals surface area contributed by atoms with Crippen molar-refractivity contribution in [1.82, 2.24) is 14.8 Å². The van der Waals surface area contributed by atoms with Crippen molar-refractivity contribution < 1.29 is 0 Å². The van der Waals surface area contributed by atoms with Crippen molar-refractivity contribution in [2.45, 2.75) is 19.9 Å². The van der Waals surface area contributed by atoms with Crippen LogP contribution in [-0.4, -0.2) is 28.4 Å². The summed E-state index contributed by atoms with van der Waals surface area (Å²) < 4.78 is 1.69. The predicted octanol–water partition coefficient (Wildman–Crippen LogP) is 0.405. The zero-order chi connectivity index (χ0) is 9.42. The summed E-state index contributed by atoms with van der Waals surface area (Å²) in [6.07, 6.45) is 0.995. The van der Waals surface area contributed by atoms with Crippen LogP contribution in [0.15, 0.2) is 4.79 Å². The van der Waals surface area contributed by atoms with E-state index in [4.69, 9.17) is 0 Å². The molecular formula is C8H13IN4O. The minimum Gasteiger partial charge on any atom is -0.344 e. The molecule has 0 radical (unpaired) electrons. The average Bonchev–Trinajstić information content (AvgIpc) is 2.12. The van der Waals surface area contributed by atoms with Crippen molar-refractivity contribution in [2.75, 3.05) is 18.5 Å². The minimum absolute atomic E-state index is 0. The average molecular weight is 308 g/mol.